The van der Waals surface area contributed by atoms with Crippen LogP contribution in [0.4, 0.5) is 0 Å². The molecule has 1 atom stereocenters. The molecule has 0 aromatic carbocycles. The molecule has 0 fully saturated rings. The van der Waals surface area contributed by atoms with Gasteiger partial charge in [0.2, 0.25) is 0 Å². The van der Waals surface area contributed by atoms with Crippen LogP contribution in [0.1, 0.15) is 20.3 Å². The van der Waals surface area contributed by atoms with Crippen molar-refractivity contribution in [1.29, 1.82) is 0 Å². The first-order valence-corrected chi connectivity index (χ1v) is 3.63. The van der Waals surface area contributed by atoms with E-state index in [0.717, 1.165) is 3.93 Å². The third-order valence-corrected chi connectivity index (χ3v) is 1.78. The van der Waals surface area contributed by atoms with E-state index >= 15 is 0 Å². The van der Waals surface area contributed by atoms with Gasteiger partial charge in [0.05, 0.1) is 0 Å². The molecule has 0 spiro atoms. The molecule has 0 heterocycles. The Hall–Kier alpha value is 1.38. The molecule has 0 nitrogen and oxygen atoms in total. The summed E-state index contributed by atoms with van der Waals surface area (Å²) in [5, 5.41) is 0. The maximum atomic E-state index is 2.26. The topological polar surface area (TPSA) is 0 Å². The summed E-state index contributed by atoms with van der Waals surface area (Å²) in [7, 11) is 0. The van der Waals surface area contributed by atoms with Gasteiger partial charge in [-0.25, -0.2) is 0 Å². The Labute approximate surface area is 71.3 Å². The van der Waals surface area contributed by atoms with Gasteiger partial charge in [-0.05, 0) is 0 Å². The molecule has 0 aromatic rings. The first-order valence-electron chi connectivity index (χ1n) is 1.98. The van der Waals surface area contributed by atoms with Gasteiger partial charge in [0, 0.05) is 0 Å². The molecule has 0 amide bonds. The van der Waals surface area contributed by atoms with Crippen molar-refractivity contribution in [2.45, 2.75) is 24.2 Å². The van der Waals surface area contributed by atoms with Gasteiger partial charge in [-0.15, -0.1) is 24.8 Å². The fourth-order valence-corrected chi connectivity index (χ4v) is 0. The average Bonchev–Trinajstić information content (AvgIpc) is 1.38. The minimum Gasteiger partial charge on any atom is -0.147 e. The number of rotatable bonds is 1. The molecular formula is C4H11Cl2Sn. The minimum absolute atomic E-state index is 0. The van der Waals surface area contributed by atoms with Gasteiger partial charge in [-0.3, -0.25) is 0 Å². The summed E-state index contributed by atoms with van der Waals surface area (Å²) in [5.74, 6) is 0. The fraction of sp³-hybridized carbons (Fsp3) is 1.00. The Morgan fingerprint density at radius 2 is 1.57 bits per heavy atom. The van der Waals surface area contributed by atoms with E-state index in [9.17, 15) is 0 Å². The average molecular weight is 249 g/mol. The van der Waals surface area contributed by atoms with Crippen LogP contribution in [0.2, 0.25) is 3.93 Å². The number of hydrogen-bond donors (Lipinski definition) is 0. The molecule has 3 radical (unpaired) electrons. The van der Waals surface area contributed by atoms with E-state index in [-0.39, 0.29) is 24.8 Å². The second kappa shape index (κ2) is 10.4. The van der Waals surface area contributed by atoms with Crippen molar-refractivity contribution in [3.8, 4) is 0 Å². The number of halogens is 2. The summed E-state index contributed by atoms with van der Waals surface area (Å²) < 4.78 is 0.974. The Bertz CT molecular complexity index is 23.7. The molecule has 0 saturated carbocycles. The van der Waals surface area contributed by atoms with Crippen molar-refractivity contribution >= 4 is 47.3 Å². The van der Waals surface area contributed by atoms with Crippen molar-refractivity contribution < 1.29 is 0 Å². The van der Waals surface area contributed by atoms with E-state index in [1.165, 1.54) is 6.42 Å². The Morgan fingerprint density at radius 3 is 1.57 bits per heavy atom. The monoisotopic (exact) mass is 249 g/mol. The summed E-state index contributed by atoms with van der Waals surface area (Å²) in [6, 6.07) is 0. The predicted octanol–water partition coefficient (Wildman–Crippen LogP) is 2.22. The summed E-state index contributed by atoms with van der Waals surface area (Å²) in [6.07, 6.45) is 1.35. The second-order valence-electron chi connectivity index (χ2n) is 1.31. The molecule has 45 valence electrons. The summed E-state index contributed by atoms with van der Waals surface area (Å²) in [6.45, 7) is 4.48. The van der Waals surface area contributed by atoms with Crippen LogP contribution >= 0.6 is 24.8 Å². The predicted molar refractivity (Wildman–Crippen MR) is 40.0 cm³/mol. The van der Waals surface area contributed by atoms with Crippen molar-refractivity contribution in [3.63, 3.8) is 0 Å². The third-order valence-electron chi connectivity index (χ3n) is 0.612. The third kappa shape index (κ3) is 18.7. The second-order valence-corrected chi connectivity index (χ2v) is 4.12. The van der Waals surface area contributed by atoms with Crippen LogP contribution in [0, 0.1) is 0 Å². The summed E-state index contributed by atoms with van der Waals surface area (Å²) >= 11 is 1.67. The molecule has 3 heteroatoms. The van der Waals surface area contributed by atoms with Crippen molar-refractivity contribution in [1.82, 2.24) is 0 Å². The summed E-state index contributed by atoms with van der Waals surface area (Å²) in [5.41, 5.74) is 0. The quantitative estimate of drug-likeness (QED) is 0.625. The van der Waals surface area contributed by atoms with Crippen LogP contribution in [0.3, 0.4) is 0 Å². The van der Waals surface area contributed by atoms with Crippen LogP contribution in [0.25, 0.3) is 0 Å². The molecule has 0 aliphatic rings. The zero-order valence-corrected chi connectivity index (χ0v) is 9.09. The maximum Gasteiger partial charge on any atom is -0.147 e. The summed E-state index contributed by atoms with van der Waals surface area (Å²) in [4.78, 5) is 0. The Kier molecular flexibility index (Phi) is 23.4. The minimum atomic E-state index is 0. The first-order chi connectivity index (χ1) is 2.27. The van der Waals surface area contributed by atoms with Gasteiger partial charge in [0.15, 0.2) is 0 Å². The molecule has 1 unspecified atom stereocenters. The molecule has 0 aromatic heterocycles. The number of hydrogen-bond acceptors (Lipinski definition) is 0. The SMILES string of the molecule is CC[CH](C)[Sn].Cl.Cl. The van der Waals surface area contributed by atoms with E-state index in [0.29, 0.717) is 0 Å². The normalized spacial score (nSPS) is 10.7. The van der Waals surface area contributed by atoms with Gasteiger partial charge in [0.1, 0.15) is 0 Å². The van der Waals surface area contributed by atoms with Crippen LogP contribution in [0.5, 0.6) is 0 Å². The fourth-order valence-electron chi connectivity index (χ4n) is 0. The van der Waals surface area contributed by atoms with E-state index < -0.39 is 0 Å². The van der Waals surface area contributed by atoms with Gasteiger partial charge in [0.25, 0.3) is 0 Å². The van der Waals surface area contributed by atoms with Crippen LogP contribution in [-0.4, -0.2) is 22.5 Å². The molecule has 0 bridgehead atoms. The van der Waals surface area contributed by atoms with E-state index in [1.54, 1.807) is 22.5 Å². The molecule has 0 N–H and O–H groups in total. The molecule has 7 heavy (non-hydrogen) atoms. The molecular weight excluding hydrogens is 238 g/mol. The standard InChI is InChI=1S/C4H9.2ClH.Sn/c1-3-4-2;;;/h3H,4H2,1-2H3;2*1H;. The smallest absolute Gasteiger partial charge is 0.147 e. The maximum absolute atomic E-state index is 2.26. The van der Waals surface area contributed by atoms with Crippen molar-refractivity contribution in [3.05, 3.63) is 0 Å². The van der Waals surface area contributed by atoms with Crippen molar-refractivity contribution in [2.24, 2.45) is 0 Å². The van der Waals surface area contributed by atoms with Gasteiger partial charge in [-0.1, -0.05) is 0 Å². The Morgan fingerprint density at radius 1 is 1.43 bits per heavy atom. The molecule has 0 saturated heterocycles. The van der Waals surface area contributed by atoms with Gasteiger partial charge in [-0.2, -0.15) is 0 Å². The Balaban J connectivity index is -0.0000000800. The van der Waals surface area contributed by atoms with E-state index in [1.807, 2.05) is 0 Å². The van der Waals surface area contributed by atoms with E-state index in [4.69, 9.17) is 0 Å². The molecule has 0 rings (SSSR count). The molecule has 0 aliphatic heterocycles. The van der Waals surface area contributed by atoms with E-state index in [2.05, 4.69) is 13.8 Å². The largest absolute Gasteiger partial charge is 0.147 e. The van der Waals surface area contributed by atoms with Crippen LogP contribution in [-0.2, 0) is 0 Å². The first kappa shape index (κ1) is 15.8. The zero-order valence-electron chi connectivity index (χ0n) is 4.60. The van der Waals surface area contributed by atoms with Crippen LogP contribution < -0.4 is 0 Å². The van der Waals surface area contributed by atoms with Crippen molar-refractivity contribution in [2.75, 3.05) is 0 Å². The van der Waals surface area contributed by atoms with Gasteiger partial charge < -0.3 is 0 Å². The molecule has 0 aliphatic carbocycles. The van der Waals surface area contributed by atoms with Gasteiger partial charge >= 0.3 is 46.7 Å². The van der Waals surface area contributed by atoms with Crippen LogP contribution in [0.15, 0.2) is 0 Å². The zero-order chi connectivity index (χ0) is 4.28.